The molecule has 0 amide bonds. The summed E-state index contributed by atoms with van der Waals surface area (Å²) in [7, 11) is 0. The van der Waals surface area contributed by atoms with Gasteiger partial charge < -0.3 is 4.74 Å². The molecule has 2 nitrogen and oxygen atoms in total. The van der Waals surface area contributed by atoms with Crippen LogP contribution in [0.25, 0.3) is 0 Å². The molecule has 0 atom stereocenters. The van der Waals surface area contributed by atoms with Crippen LogP contribution in [-0.4, -0.2) is 4.98 Å². The van der Waals surface area contributed by atoms with Crippen molar-refractivity contribution in [3.8, 4) is 5.88 Å². The second kappa shape index (κ2) is 5.78. The van der Waals surface area contributed by atoms with Gasteiger partial charge in [-0.1, -0.05) is 12.1 Å². The molecule has 0 radical (unpaired) electrons. The Morgan fingerprint density at radius 1 is 1.15 bits per heavy atom. The molecule has 1 heterocycles. The van der Waals surface area contributed by atoms with E-state index < -0.39 is 17.6 Å². The number of alkyl halides is 3. The summed E-state index contributed by atoms with van der Waals surface area (Å²) in [5, 5.41) is 0. The minimum absolute atomic E-state index is 0.0276. The minimum Gasteiger partial charge on any atom is -0.473 e. The minimum atomic E-state index is -4.56. The van der Waals surface area contributed by atoms with E-state index in [1.54, 1.807) is 18.2 Å². The van der Waals surface area contributed by atoms with Gasteiger partial charge in [0.1, 0.15) is 17.0 Å². The SMILES string of the molecule is Fc1cc(C(F)(F)F)ccc1COc1cccc(Br)n1. The molecule has 1 aromatic heterocycles. The smallest absolute Gasteiger partial charge is 0.416 e. The van der Waals surface area contributed by atoms with Crippen LogP contribution in [0, 0.1) is 5.82 Å². The van der Waals surface area contributed by atoms with Crippen molar-refractivity contribution in [2.75, 3.05) is 0 Å². The molecule has 0 unspecified atom stereocenters. The van der Waals surface area contributed by atoms with Gasteiger partial charge in [0.2, 0.25) is 5.88 Å². The van der Waals surface area contributed by atoms with Crippen LogP contribution in [0.2, 0.25) is 0 Å². The zero-order valence-corrected chi connectivity index (χ0v) is 11.5. The van der Waals surface area contributed by atoms with Crippen LogP contribution in [0.3, 0.4) is 0 Å². The summed E-state index contributed by atoms with van der Waals surface area (Å²) in [6.07, 6.45) is -4.56. The maximum atomic E-state index is 13.6. The Labute approximate surface area is 120 Å². The first-order valence-corrected chi connectivity index (χ1v) is 6.26. The van der Waals surface area contributed by atoms with E-state index in [1.165, 1.54) is 0 Å². The lowest BCUT2D eigenvalue weighted by molar-refractivity contribution is -0.137. The van der Waals surface area contributed by atoms with Crippen molar-refractivity contribution in [3.05, 3.63) is 57.9 Å². The van der Waals surface area contributed by atoms with E-state index >= 15 is 0 Å². The number of ether oxygens (including phenoxy) is 1. The Hall–Kier alpha value is -1.63. The second-order valence-electron chi connectivity index (χ2n) is 3.89. The highest BCUT2D eigenvalue weighted by molar-refractivity contribution is 9.10. The number of hydrogen-bond donors (Lipinski definition) is 0. The Kier molecular flexibility index (Phi) is 4.27. The van der Waals surface area contributed by atoms with Crippen molar-refractivity contribution < 1.29 is 22.3 Å². The quantitative estimate of drug-likeness (QED) is 0.597. The molecule has 2 aromatic rings. The van der Waals surface area contributed by atoms with Crippen molar-refractivity contribution in [2.24, 2.45) is 0 Å². The van der Waals surface area contributed by atoms with E-state index in [2.05, 4.69) is 20.9 Å². The molecule has 20 heavy (non-hydrogen) atoms. The monoisotopic (exact) mass is 349 g/mol. The molecular formula is C13H8BrF4NO. The largest absolute Gasteiger partial charge is 0.473 e. The number of pyridine rings is 1. The molecule has 0 spiro atoms. The third kappa shape index (κ3) is 3.69. The average Bonchev–Trinajstić information content (AvgIpc) is 2.36. The van der Waals surface area contributed by atoms with Crippen molar-refractivity contribution in [1.29, 1.82) is 0 Å². The number of rotatable bonds is 3. The predicted octanol–water partition coefficient (Wildman–Crippen LogP) is 4.58. The van der Waals surface area contributed by atoms with Crippen LogP contribution in [0.1, 0.15) is 11.1 Å². The van der Waals surface area contributed by atoms with Crippen LogP contribution >= 0.6 is 15.9 Å². The fourth-order valence-electron chi connectivity index (χ4n) is 1.46. The molecule has 2 rings (SSSR count). The summed E-state index contributed by atoms with van der Waals surface area (Å²) in [5.41, 5.74) is -1.00. The van der Waals surface area contributed by atoms with Gasteiger partial charge >= 0.3 is 6.18 Å². The molecule has 0 N–H and O–H groups in total. The van der Waals surface area contributed by atoms with E-state index in [0.717, 1.165) is 12.1 Å². The van der Waals surface area contributed by atoms with Gasteiger partial charge in [-0.05, 0) is 34.1 Å². The van der Waals surface area contributed by atoms with Crippen molar-refractivity contribution >= 4 is 15.9 Å². The molecule has 0 aliphatic rings. The molecule has 0 saturated carbocycles. The van der Waals surface area contributed by atoms with Gasteiger partial charge in [-0.15, -0.1) is 0 Å². The zero-order valence-electron chi connectivity index (χ0n) is 9.92. The van der Waals surface area contributed by atoms with Gasteiger partial charge in [0.05, 0.1) is 5.56 Å². The fourth-order valence-corrected chi connectivity index (χ4v) is 1.79. The lowest BCUT2D eigenvalue weighted by Gasteiger charge is -2.10. The molecule has 0 aliphatic heterocycles. The predicted molar refractivity (Wildman–Crippen MR) is 67.7 cm³/mol. The molecule has 7 heteroatoms. The number of halogens is 5. The van der Waals surface area contributed by atoms with E-state index in [1.807, 2.05) is 0 Å². The first-order chi connectivity index (χ1) is 9.36. The molecule has 0 bridgehead atoms. The Balaban J connectivity index is 2.11. The number of aromatic nitrogens is 1. The molecule has 0 saturated heterocycles. The summed E-state index contributed by atoms with van der Waals surface area (Å²) in [5.74, 6) is -0.714. The van der Waals surface area contributed by atoms with Crippen LogP contribution < -0.4 is 4.74 Å². The molecule has 106 valence electrons. The molecule has 1 aromatic carbocycles. The lowest BCUT2D eigenvalue weighted by atomic mass is 10.1. The zero-order chi connectivity index (χ0) is 14.8. The van der Waals surface area contributed by atoms with E-state index in [-0.39, 0.29) is 18.1 Å². The van der Waals surface area contributed by atoms with Gasteiger partial charge in [0.15, 0.2) is 0 Å². The van der Waals surface area contributed by atoms with E-state index in [9.17, 15) is 17.6 Å². The highest BCUT2D eigenvalue weighted by atomic mass is 79.9. The topological polar surface area (TPSA) is 22.1 Å². The summed E-state index contributed by atoms with van der Waals surface area (Å²) in [4.78, 5) is 3.97. The van der Waals surface area contributed by atoms with Crippen LogP contribution in [-0.2, 0) is 12.8 Å². The number of nitrogens with zero attached hydrogens (tertiary/aromatic N) is 1. The highest BCUT2D eigenvalue weighted by Gasteiger charge is 2.31. The van der Waals surface area contributed by atoms with Crippen LogP contribution in [0.4, 0.5) is 17.6 Å². The molecular weight excluding hydrogens is 342 g/mol. The third-order valence-corrected chi connectivity index (χ3v) is 2.89. The number of hydrogen-bond acceptors (Lipinski definition) is 2. The summed E-state index contributed by atoms with van der Waals surface area (Å²) >= 11 is 3.14. The van der Waals surface area contributed by atoms with Gasteiger partial charge in [0.25, 0.3) is 0 Å². The standard InChI is InChI=1S/C13H8BrF4NO/c14-11-2-1-3-12(19-11)20-7-8-4-5-9(6-10(8)15)13(16,17)18/h1-6H,7H2. The van der Waals surface area contributed by atoms with Gasteiger partial charge in [0, 0.05) is 11.6 Å². The lowest BCUT2D eigenvalue weighted by Crippen LogP contribution is -2.07. The van der Waals surface area contributed by atoms with Crippen LogP contribution in [0.5, 0.6) is 5.88 Å². The Morgan fingerprint density at radius 3 is 2.50 bits per heavy atom. The summed E-state index contributed by atoms with van der Waals surface area (Å²) in [6, 6.07) is 7.24. The first-order valence-electron chi connectivity index (χ1n) is 5.47. The summed E-state index contributed by atoms with van der Waals surface area (Å²) in [6.45, 7) is -0.201. The fraction of sp³-hybridized carbons (Fsp3) is 0.154. The second-order valence-corrected chi connectivity index (χ2v) is 4.70. The summed E-state index contributed by atoms with van der Waals surface area (Å²) < 4.78 is 56.5. The van der Waals surface area contributed by atoms with Gasteiger partial charge in [-0.3, -0.25) is 0 Å². The third-order valence-electron chi connectivity index (χ3n) is 2.45. The van der Waals surface area contributed by atoms with Gasteiger partial charge in [-0.25, -0.2) is 9.37 Å². The average molecular weight is 350 g/mol. The van der Waals surface area contributed by atoms with E-state index in [4.69, 9.17) is 4.74 Å². The maximum Gasteiger partial charge on any atom is 0.416 e. The number of benzene rings is 1. The van der Waals surface area contributed by atoms with E-state index in [0.29, 0.717) is 10.7 Å². The van der Waals surface area contributed by atoms with Gasteiger partial charge in [-0.2, -0.15) is 13.2 Å². The van der Waals surface area contributed by atoms with Crippen LogP contribution in [0.15, 0.2) is 41.0 Å². The maximum absolute atomic E-state index is 13.6. The molecule has 0 fully saturated rings. The Morgan fingerprint density at radius 2 is 1.90 bits per heavy atom. The van der Waals surface area contributed by atoms with Crippen molar-refractivity contribution in [1.82, 2.24) is 4.98 Å². The highest BCUT2D eigenvalue weighted by Crippen LogP contribution is 2.30. The normalized spacial score (nSPS) is 11.4. The van der Waals surface area contributed by atoms with Crippen molar-refractivity contribution in [3.63, 3.8) is 0 Å². The first kappa shape index (κ1) is 14.8. The Bertz CT molecular complexity index is 616. The van der Waals surface area contributed by atoms with Crippen molar-refractivity contribution in [2.45, 2.75) is 12.8 Å². The molecule has 0 aliphatic carbocycles.